The molecule has 1 aromatic heterocycles. The van der Waals surface area contributed by atoms with E-state index in [1.165, 1.54) is 0 Å². The molecule has 98 valence electrons. The van der Waals surface area contributed by atoms with Gasteiger partial charge in [-0.05, 0) is 37.6 Å². The van der Waals surface area contributed by atoms with Gasteiger partial charge in [0.25, 0.3) is 0 Å². The number of pyridine rings is 1. The van der Waals surface area contributed by atoms with E-state index in [1.54, 1.807) is 12.4 Å². The summed E-state index contributed by atoms with van der Waals surface area (Å²) in [6, 6.07) is 11.2. The molecule has 0 spiro atoms. The van der Waals surface area contributed by atoms with Gasteiger partial charge >= 0.3 is 6.03 Å². The van der Waals surface area contributed by atoms with Crippen LogP contribution in [0.4, 0.5) is 10.5 Å². The standard InChI is InChI=1S/C15H17N3O/c1-11-5-7-14(8-6-11)18-15(19)17-12(2)13-4-3-9-16-10-13/h3-10,12H,1-2H3,(H2,17,18,19). The van der Waals surface area contributed by atoms with Crippen LogP contribution >= 0.6 is 0 Å². The second-order valence-electron chi connectivity index (χ2n) is 4.47. The first-order chi connectivity index (χ1) is 9.15. The van der Waals surface area contributed by atoms with Crippen LogP contribution in [0, 0.1) is 6.92 Å². The van der Waals surface area contributed by atoms with Gasteiger partial charge in [0.2, 0.25) is 0 Å². The number of nitrogens with one attached hydrogen (secondary N) is 2. The van der Waals surface area contributed by atoms with Crippen molar-refractivity contribution in [2.75, 3.05) is 5.32 Å². The third-order valence-electron chi connectivity index (χ3n) is 2.84. The lowest BCUT2D eigenvalue weighted by atomic mass is 10.1. The van der Waals surface area contributed by atoms with Crippen LogP contribution in [0.2, 0.25) is 0 Å². The molecule has 2 amide bonds. The number of benzene rings is 1. The Morgan fingerprint density at radius 3 is 2.58 bits per heavy atom. The van der Waals surface area contributed by atoms with Gasteiger partial charge in [-0.15, -0.1) is 0 Å². The summed E-state index contributed by atoms with van der Waals surface area (Å²) in [6.07, 6.45) is 3.46. The van der Waals surface area contributed by atoms with Gasteiger partial charge < -0.3 is 10.6 Å². The van der Waals surface area contributed by atoms with Crippen molar-refractivity contribution in [1.29, 1.82) is 0 Å². The number of rotatable bonds is 3. The van der Waals surface area contributed by atoms with Gasteiger partial charge in [-0.2, -0.15) is 0 Å². The third-order valence-corrected chi connectivity index (χ3v) is 2.84. The fraction of sp³-hybridized carbons (Fsp3) is 0.200. The molecule has 0 aliphatic carbocycles. The van der Waals surface area contributed by atoms with Gasteiger partial charge in [0.05, 0.1) is 6.04 Å². The molecule has 0 saturated heterocycles. The molecule has 2 rings (SSSR count). The Bertz CT molecular complexity index is 537. The van der Waals surface area contributed by atoms with Crippen LogP contribution in [0.3, 0.4) is 0 Å². The summed E-state index contributed by atoms with van der Waals surface area (Å²) in [5.41, 5.74) is 2.91. The van der Waals surface area contributed by atoms with E-state index < -0.39 is 0 Å². The number of urea groups is 1. The summed E-state index contributed by atoms with van der Waals surface area (Å²) in [7, 11) is 0. The minimum atomic E-state index is -0.222. The highest BCUT2D eigenvalue weighted by Crippen LogP contribution is 2.11. The number of aromatic nitrogens is 1. The van der Waals surface area contributed by atoms with Crippen LogP contribution < -0.4 is 10.6 Å². The summed E-state index contributed by atoms with van der Waals surface area (Å²) in [4.78, 5) is 15.9. The highest BCUT2D eigenvalue weighted by atomic mass is 16.2. The molecular weight excluding hydrogens is 238 g/mol. The van der Waals surface area contributed by atoms with Gasteiger partial charge in [-0.25, -0.2) is 4.79 Å². The zero-order valence-corrected chi connectivity index (χ0v) is 11.1. The smallest absolute Gasteiger partial charge is 0.319 e. The second kappa shape index (κ2) is 6.00. The van der Waals surface area contributed by atoms with E-state index in [0.717, 1.165) is 16.8 Å². The highest BCUT2D eigenvalue weighted by Gasteiger charge is 2.09. The summed E-state index contributed by atoms with van der Waals surface area (Å²) >= 11 is 0. The largest absolute Gasteiger partial charge is 0.331 e. The molecule has 1 heterocycles. The number of aryl methyl sites for hydroxylation is 1. The summed E-state index contributed by atoms with van der Waals surface area (Å²) < 4.78 is 0. The number of carbonyl (C=O) groups excluding carboxylic acids is 1. The van der Waals surface area contributed by atoms with Crippen LogP contribution in [-0.2, 0) is 0 Å². The zero-order chi connectivity index (χ0) is 13.7. The summed E-state index contributed by atoms with van der Waals surface area (Å²) in [6.45, 7) is 3.93. The van der Waals surface area contributed by atoms with Crippen molar-refractivity contribution < 1.29 is 4.79 Å². The Hall–Kier alpha value is -2.36. The van der Waals surface area contributed by atoms with Crippen molar-refractivity contribution in [3.05, 3.63) is 59.9 Å². The van der Waals surface area contributed by atoms with Gasteiger partial charge in [0.15, 0.2) is 0 Å². The van der Waals surface area contributed by atoms with Crippen molar-refractivity contribution in [1.82, 2.24) is 10.3 Å². The first-order valence-corrected chi connectivity index (χ1v) is 6.19. The van der Waals surface area contributed by atoms with Crippen LogP contribution in [-0.4, -0.2) is 11.0 Å². The van der Waals surface area contributed by atoms with Crippen molar-refractivity contribution in [3.63, 3.8) is 0 Å². The number of nitrogens with zero attached hydrogens (tertiary/aromatic N) is 1. The SMILES string of the molecule is Cc1ccc(NC(=O)NC(C)c2cccnc2)cc1. The first kappa shape index (κ1) is 13.1. The molecule has 1 unspecified atom stereocenters. The molecule has 0 bridgehead atoms. The minimum Gasteiger partial charge on any atom is -0.331 e. The maximum atomic E-state index is 11.8. The third kappa shape index (κ3) is 3.81. The highest BCUT2D eigenvalue weighted by molar-refractivity contribution is 5.89. The number of hydrogen-bond acceptors (Lipinski definition) is 2. The van der Waals surface area contributed by atoms with E-state index >= 15 is 0 Å². The number of amides is 2. The number of carbonyl (C=O) groups is 1. The van der Waals surface area contributed by atoms with Gasteiger partial charge in [0.1, 0.15) is 0 Å². The molecule has 4 heteroatoms. The molecule has 19 heavy (non-hydrogen) atoms. The first-order valence-electron chi connectivity index (χ1n) is 6.19. The topological polar surface area (TPSA) is 54.0 Å². The Labute approximate surface area is 112 Å². The molecule has 2 N–H and O–H groups in total. The van der Waals surface area contributed by atoms with Crippen LogP contribution in [0.5, 0.6) is 0 Å². The molecule has 0 fully saturated rings. The second-order valence-corrected chi connectivity index (χ2v) is 4.47. The molecule has 2 aromatic rings. The van der Waals surface area contributed by atoms with E-state index in [4.69, 9.17) is 0 Å². The fourth-order valence-corrected chi connectivity index (χ4v) is 1.72. The Morgan fingerprint density at radius 1 is 1.21 bits per heavy atom. The van der Waals surface area contributed by atoms with Crippen molar-refractivity contribution in [3.8, 4) is 0 Å². The van der Waals surface area contributed by atoms with Crippen molar-refractivity contribution in [2.45, 2.75) is 19.9 Å². The van der Waals surface area contributed by atoms with E-state index in [0.29, 0.717) is 0 Å². The lowest BCUT2D eigenvalue weighted by molar-refractivity contribution is 0.249. The Kier molecular flexibility index (Phi) is 4.13. The average molecular weight is 255 g/mol. The molecule has 0 aliphatic heterocycles. The summed E-state index contributed by atoms with van der Waals surface area (Å²) in [5.74, 6) is 0. The lowest BCUT2D eigenvalue weighted by Crippen LogP contribution is -2.31. The quantitative estimate of drug-likeness (QED) is 0.884. The average Bonchev–Trinajstić information content (AvgIpc) is 2.42. The maximum absolute atomic E-state index is 11.8. The number of anilines is 1. The predicted molar refractivity (Wildman–Crippen MR) is 76.0 cm³/mol. The Morgan fingerprint density at radius 2 is 1.95 bits per heavy atom. The van der Waals surface area contributed by atoms with Gasteiger partial charge in [-0.3, -0.25) is 4.98 Å². The minimum absolute atomic E-state index is 0.0841. The molecule has 1 atom stereocenters. The molecule has 0 saturated carbocycles. The molecule has 4 nitrogen and oxygen atoms in total. The van der Waals surface area contributed by atoms with Gasteiger partial charge in [0, 0.05) is 18.1 Å². The van der Waals surface area contributed by atoms with Crippen LogP contribution in [0.1, 0.15) is 24.1 Å². The predicted octanol–water partition coefficient (Wildman–Crippen LogP) is 3.27. The lowest BCUT2D eigenvalue weighted by Gasteiger charge is -2.14. The van der Waals surface area contributed by atoms with E-state index in [1.807, 2.05) is 50.2 Å². The molecular formula is C15H17N3O. The van der Waals surface area contributed by atoms with Gasteiger partial charge in [-0.1, -0.05) is 23.8 Å². The summed E-state index contributed by atoms with van der Waals surface area (Å²) in [5, 5.41) is 5.67. The van der Waals surface area contributed by atoms with E-state index in [9.17, 15) is 4.79 Å². The van der Waals surface area contributed by atoms with E-state index in [2.05, 4.69) is 15.6 Å². The molecule has 1 aromatic carbocycles. The van der Waals surface area contributed by atoms with Crippen molar-refractivity contribution in [2.24, 2.45) is 0 Å². The van der Waals surface area contributed by atoms with Crippen LogP contribution in [0.25, 0.3) is 0 Å². The Balaban J connectivity index is 1.93. The van der Waals surface area contributed by atoms with Crippen molar-refractivity contribution >= 4 is 11.7 Å². The maximum Gasteiger partial charge on any atom is 0.319 e. The normalized spacial score (nSPS) is 11.7. The zero-order valence-electron chi connectivity index (χ0n) is 11.1. The number of hydrogen-bond donors (Lipinski definition) is 2. The molecule has 0 radical (unpaired) electrons. The van der Waals surface area contributed by atoms with Crippen LogP contribution in [0.15, 0.2) is 48.8 Å². The monoisotopic (exact) mass is 255 g/mol. The molecule has 0 aliphatic rings. The van der Waals surface area contributed by atoms with E-state index in [-0.39, 0.29) is 12.1 Å². The fourth-order valence-electron chi connectivity index (χ4n) is 1.72.